The van der Waals surface area contributed by atoms with Crippen LogP contribution in [0.25, 0.3) is 0 Å². The zero-order chi connectivity index (χ0) is 12.4. The van der Waals surface area contributed by atoms with Gasteiger partial charge in [0.25, 0.3) is 0 Å². The molecular formula is C15H14BrCl. The van der Waals surface area contributed by atoms with Crippen molar-refractivity contribution in [1.29, 1.82) is 0 Å². The Labute approximate surface area is 116 Å². The molecule has 0 N–H and O–H groups in total. The molecule has 17 heavy (non-hydrogen) atoms. The molecule has 0 aromatic heterocycles. The van der Waals surface area contributed by atoms with Crippen molar-refractivity contribution in [1.82, 2.24) is 0 Å². The number of aryl methyl sites for hydroxylation is 2. The van der Waals surface area contributed by atoms with E-state index in [0.717, 1.165) is 5.02 Å². The fourth-order valence-corrected chi connectivity index (χ4v) is 2.88. The van der Waals surface area contributed by atoms with E-state index >= 15 is 0 Å². The molecule has 0 bridgehead atoms. The van der Waals surface area contributed by atoms with Gasteiger partial charge in [0.05, 0.1) is 4.83 Å². The van der Waals surface area contributed by atoms with E-state index in [4.69, 9.17) is 11.6 Å². The fourth-order valence-electron chi connectivity index (χ4n) is 1.84. The lowest BCUT2D eigenvalue weighted by Crippen LogP contribution is -1.95. The van der Waals surface area contributed by atoms with E-state index in [1.807, 2.05) is 12.1 Å². The first kappa shape index (κ1) is 12.7. The molecule has 2 rings (SSSR count). The number of hydrogen-bond donors (Lipinski definition) is 0. The van der Waals surface area contributed by atoms with Crippen LogP contribution in [-0.4, -0.2) is 0 Å². The zero-order valence-electron chi connectivity index (χ0n) is 9.87. The summed E-state index contributed by atoms with van der Waals surface area (Å²) in [4.78, 5) is 0.223. The second-order valence-electron chi connectivity index (χ2n) is 4.27. The summed E-state index contributed by atoms with van der Waals surface area (Å²) in [7, 11) is 0. The predicted octanol–water partition coefficient (Wildman–Crippen LogP) is 5.44. The van der Waals surface area contributed by atoms with Crippen molar-refractivity contribution < 1.29 is 0 Å². The molecule has 0 saturated heterocycles. The van der Waals surface area contributed by atoms with Crippen LogP contribution in [0.2, 0.25) is 5.02 Å². The van der Waals surface area contributed by atoms with Gasteiger partial charge >= 0.3 is 0 Å². The van der Waals surface area contributed by atoms with E-state index in [-0.39, 0.29) is 4.83 Å². The molecular weight excluding hydrogens is 296 g/mol. The van der Waals surface area contributed by atoms with E-state index < -0.39 is 0 Å². The maximum absolute atomic E-state index is 5.97. The molecule has 0 amide bonds. The monoisotopic (exact) mass is 308 g/mol. The summed E-state index contributed by atoms with van der Waals surface area (Å²) in [6.45, 7) is 4.18. The summed E-state index contributed by atoms with van der Waals surface area (Å²) in [5.74, 6) is 0. The van der Waals surface area contributed by atoms with Crippen molar-refractivity contribution in [3.8, 4) is 0 Å². The van der Waals surface area contributed by atoms with Gasteiger partial charge in [-0.1, -0.05) is 63.4 Å². The molecule has 0 heterocycles. The Morgan fingerprint density at radius 1 is 1.00 bits per heavy atom. The third-order valence-electron chi connectivity index (χ3n) is 2.87. The maximum Gasteiger partial charge on any atom is 0.0647 e. The molecule has 2 aromatic carbocycles. The standard InChI is InChI=1S/C15H14BrCl/c1-10-3-5-12(6-4-10)15(16)14-8-7-13(17)9-11(14)2/h3-9,15H,1-2H3. The Morgan fingerprint density at radius 2 is 1.65 bits per heavy atom. The average Bonchev–Trinajstić information content (AvgIpc) is 2.29. The van der Waals surface area contributed by atoms with E-state index in [2.05, 4.69) is 60.1 Å². The van der Waals surface area contributed by atoms with Crippen LogP contribution >= 0.6 is 27.5 Å². The Hall–Kier alpha value is -0.790. The number of halogens is 2. The molecule has 88 valence electrons. The van der Waals surface area contributed by atoms with Crippen molar-refractivity contribution in [3.05, 3.63) is 69.7 Å². The van der Waals surface area contributed by atoms with E-state index in [9.17, 15) is 0 Å². The molecule has 0 aliphatic carbocycles. The van der Waals surface area contributed by atoms with Gasteiger partial charge in [-0.15, -0.1) is 0 Å². The van der Waals surface area contributed by atoms with E-state index in [0.29, 0.717) is 0 Å². The lowest BCUT2D eigenvalue weighted by molar-refractivity contribution is 1.14. The normalized spacial score (nSPS) is 12.5. The molecule has 0 fully saturated rings. The molecule has 2 aromatic rings. The Kier molecular flexibility index (Phi) is 3.90. The van der Waals surface area contributed by atoms with Crippen LogP contribution in [0.3, 0.4) is 0 Å². The summed E-state index contributed by atoms with van der Waals surface area (Å²) in [5, 5.41) is 0.787. The molecule has 0 aliphatic rings. The summed E-state index contributed by atoms with van der Waals surface area (Å²) >= 11 is 9.72. The highest BCUT2D eigenvalue weighted by Gasteiger charge is 2.12. The smallest absolute Gasteiger partial charge is 0.0647 e. The molecule has 1 unspecified atom stereocenters. The number of rotatable bonds is 2. The van der Waals surface area contributed by atoms with Crippen LogP contribution in [-0.2, 0) is 0 Å². The maximum atomic E-state index is 5.97. The second-order valence-corrected chi connectivity index (χ2v) is 5.63. The third kappa shape index (κ3) is 2.91. The van der Waals surface area contributed by atoms with Gasteiger partial charge in [-0.3, -0.25) is 0 Å². The van der Waals surface area contributed by atoms with E-state index in [1.54, 1.807) is 0 Å². The van der Waals surface area contributed by atoms with Crippen molar-refractivity contribution >= 4 is 27.5 Å². The lowest BCUT2D eigenvalue weighted by Gasteiger charge is -2.14. The highest BCUT2D eigenvalue weighted by atomic mass is 79.9. The van der Waals surface area contributed by atoms with Crippen LogP contribution in [0.15, 0.2) is 42.5 Å². The van der Waals surface area contributed by atoms with E-state index in [1.165, 1.54) is 22.3 Å². The number of alkyl halides is 1. The first-order valence-corrected chi connectivity index (χ1v) is 6.84. The minimum Gasteiger partial charge on any atom is -0.0843 e. The fraction of sp³-hybridized carbons (Fsp3) is 0.200. The van der Waals surface area contributed by atoms with Crippen molar-refractivity contribution in [2.45, 2.75) is 18.7 Å². The predicted molar refractivity (Wildman–Crippen MR) is 78.1 cm³/mol. The first-order chi connectivity index (χ1) is 8.08. The van der Waals surface area contributed by atoms with Crippen molar-refractivity contribution in [2.24, 2.45) is 0 Å². The Bertz CT molecular complexity index is 517. The Morgan fingerprint density at radius 3 is 2.24 bits per heavy atom. The largest absolute Gasteiger partial charge is 0.0843 e. The van der Waals surface area contributed by atoms with Crippen LogP contribution < -0.4 is 0 Å². The van der Waals surface area contributed by atoms with Crippen LogP contribution in [0, 0.1) is 13.8 Å². The Balaban J connectivity index is 2.36. The number of benzene rings is 2. The molecule has 0 nitrogen and oxygen atoms in total. The van der Waals surface area contributed by atoms with Crippen LogP contribution in [0.5, 0.6) is 0 Å². The highest BCUT2D eigenvalue weighted by molar-refractivity contribution is 9.09. The summed E-state index contributed by atoms with van der Waals surface area (Å²) in [6, 6.07) is 14.6. The third-order valence-corrected chi connectivity index (χ3v) is 4.13. The topological polar surface area (TPSA) is 0 Å². The average molecular weight is 310 g/mol. The van der Waals surface area contributed by atoms with Gasteiger partial charge in [-0.25, -0.2) is 0 Å². The van der Waals surface area contributed by atoms with Gasteiger partial charge in [0.15, 0.2) is 0 Å². The molecule has 0 radical (unpaired) electrons. The van der Waals surface area contributed by atoms with Gasteiger partial charge in [-0.2, -0.15) is 0 Å². The van der Waals surface area contributed by atoms with Crippen molar-refractivity contribution in [3.63, 3.8) is 0 Å². The summed E-state index contributed by atoms with van der Waals surface area (Å²) in [5.41, 5.74) is 5.01. The van der Waals surface area contributed by atoms with Gasteiger partial charge in [0, 0.05) is 5.02 Å². The molecule has 1 atom stereocenters. The van der Waals surface area contributed by atoms with Crippen molar-refractivity contribution in [2.75, 3.05) is 0 Å². The second kappa shape index (κ2) is 5.24. The minimum absolute atomic E-state index is 0.223. The highest BCUT2D eigenvalue weighted by Crippen LogP contribution is 2.33. The summed E-state index contributed by atoms with van der Waals surface area (Å²) < 4.78 is 0. The SMILES string of the molecule is Cc1ccc(C(Br)c2ccc(Cl)cc2C)cc1. The van der Waals surface area contributed by atoms with Gasteiger partial charge in [-0.05, 0) is 42.7 Å². The van der Waals surface area contributed by atoms with Crippen LogP contribution in [0.1, 0.15) is 27.1 Å². The zero-order valence-corrected chi connectivity index (χ0v) is 12.2. The van der Waals surface area contributed by atoms with Crippen LogP contribution in [0.4, 0.5) is 0 Å². The van der Waals surface area contributed by atoms with Gasteiger partial charge in [0.2, 0.25) is 0 Å². The van der Waals surface area contributed by atoms with Gasteiger partial charge in [0.1, 0.15) is 0 Å². The summed E-state index contributed by atoms with van der Waals surface area (Å²) in [6.07, 6.45) is 0. The number of hydrogen-bond acceptors (Lipinski definition) is 0. The quantitative estimate of drug-likeness (QED) is 0.648. The molecule has 0 aliphatic heterocycles. The lowest BCUT2D eigenvalue weighted by atomic mass is 10.00. The minimum atomic E-state index is 0.223. The first-order valence-electron chi connectivity index (χ1n) is 5.54. The molecule has 0 saturated carbocycles. The molecule has 2 heteroatoms. The van der Waals surface area contributed by atoms with Gasteiger partial charge < -0.3 is 0 Å². The molecule has 0 spiro atoms.